The number of nitrogens with zero attached hydrogens (tertiary/aromatic N) is 5. The van der Waals surface area contributed by atoms with Crippen LogP contribution in [0.1, 0.15) is 56.8 Å². The molecule has 10 nitrogen and oxygen atoms in total. The van der Waals surface area contributed by atoms with Gasteiger partial charge in [-0.25, -0.2) is 4.98 Å². The molecule has 3 N–H and O–H groups in total. The topological polar surface area (TPSA) is 128 Å². The van der Waals surface area contributed by atoms with Crippen molar-refractivity contribution in [2.75, 3.05) is 18.9 Å². The van der Waals surface area contributed by atoms with E-state index in [1.807, 2.05) is 25.3 Å². The number of rotatable bonds is 4. The highest BCUT2D eigenvalue weighted by molar-refractivity contribution is 6.10. The number of imidazole rings is 1. The predicted molar refractivity (Wildman–Crippen MR) is 111 cm³/mol. The quantitative estimate of drug-likeness (QED) is 0.676. The second kappa shape index (κ2) is 6.97. The normalized spacial score (nSPS) is 16.1. The van der Waals surface area contributed by atoms with Gasteiger partial charge in [0.2, 0.25) is 11.9 Å². The standard InChI is InChI=1S/C20H23N7O3/c1-5-26-15(6-10(2)24-26)18(29)23-20-22-14-8-12(17(21)28)7-13-16(14)27(20)11(3)9-25(4)19(13)30/h6-8,11H,5,9H2,1-4H3,(H2,21,28)(H,22,23,29)/t11-/m0/s1. The maximum absolute atomic E-state index is 13.0. The first-order valence-corrected chi connectivity index (χ1v) is 9.68. The highest BCUT2D eigenvalue weighted by Crippen LogP contribution is 2.32. The smallest absolute Gasteiger partial charge is 0.276 e. The lowest BCUT2D eigenvalue weighted by molar-refractivity contribution is 0.0787. The molecule has 0 saturated carbocycles. The molecule has 4 rings (SSSR count). The van der Waals surface area contributed by atoms with E-state index in [1.165, 1.54) is 6.07 Å². The largest absolute Gasteiger partial charge is 0.366 e. The van der Waals surface area contributed by atoms with Crippen molar-refractivity contribution in [3.63, 3.8) is 0 Å². The SMILES string of the molecule is CCn1nc(C)cc1C(=O)Nc1nc2cc(C(N)=O)cc3c2n1[C@@H](C)CN(C)C3=O. The van der Waals surface area contributed by atoms with Crippen molar-refractivity contribution < 1.29 is 14.4 Å². The zero-order chi connectivity index (χ0) is 21.7. The van der Waals surface area contributed by atoms with Crippen molar-refractivity contribution in [3.05, 3.63) is 40.7 Å². The molecule has 10 heteroatoms. The number of nitrogens with two attached hydrogens (primary N) is 1. The van der Waals surface area contributed by atoms with Crippen LogP contribution in [-0.2, 0) is 6.54 Å². The fraction of sp³-hybridized carbons (Fsp3) is 0.350. The lowest BCUT2D eigenvalue weighted by Crippen LogP contribution is -2.30. The number of likely N-dealkylation sites (N-methyl/N-ethyl adjacent to an activating group) is 1. The lowest BCUT2D eigenvalue weighted by atomic mass is 10.1. The van der Waals surface area contributed by atoms with E-state index in [4.69, 9.17) is 5.73 Å². The van der Waals surface area contributed by atoms with E-state index >= 15 is 0 Å². The number of aromatic nitrogens is 4. The third-order valence-corrected chi connectivity index (χ3v) is 5.29. The van der Waals surface area contributed by atoms with Gasteiger partial charge in [-0.2, -0.15) is 5.10 Å². The fourth-order valence-electron chi connectivity index (χ4n) is 3.96. The predicted octanol–water partition coefficient (Wildman–Crippen LogP) is 1.56. The Labute approximate surface area is 172 Å². The van der Waals surface area contributed by atoms with Crippen LogP contribution in [0.4, 0.5) is 5.95 Å². The zero-order valence-electron chi connectivity index (χ0n) is 17.3. The molecule has 0 bridgehead atoms. The number of hydrogen-bond acceptors (Lipinski definition) is 5. The first-order chi connectivity index (χ1) is 14.2. The Morgan fingerprint density at radius 2 is 2.03 bits per heavy atom. The summed E-state index contributed by atoms with van der Waals surface area (Å²) in [4.78, 5) is 43.8. The lowest BCUT2D eigenvalue weighted by Gasteiger charge is -2.20. The molecule has 0 unspecified atom stereocenters. The number of nitrogens with one attached hydrogen (secondary N) is 1. The second-order valence-corrected chi connectivity index (χ2v) is 7.54. The molecule has 0 saturated heterocycles. The van der Waals surface area contributed by atoms with Crippen molar-refractivity contribution in [1.29, 1.82) is 0 Å². The van der Waals surface area contributed by atoms with Gasteiger partial charge in [-0.05, 0) is 39.0 Å². The molecular formula is C20H23N7O3. The molecule has 1 aliphatic rings. The highest BCUT2D eigenvalue weighted by atomic mass is 16.2. The monoisotopic (exact) mass is 409 g/mol. The van der Waals surface area contributed by atoms with E-state index in [0.717, 1.165) is 5.69 Å². The molecule has 0 radical (unpaired) electrons. The number of carbonyl (C=O) groups is 3. The number of primary amides is 1. The summed E-state index contributed by atoms with van der Waals surface area (Å²) in [6, 6.07) is 4.58. The van der Waals surface area contributed by atoms with Gasteiger partial charge in [-0.3, -0.25) is 24.4 Å². The average Bonchev–Trinajstić information content (AvgIpc) is 3.23. The molecule has 156 valence electrons. The molecule has 1 aliphatic heterocycles. The number of benzene rings is 1. The highest BCUT2D eigenvalue weighted by Gasteiger charge is 2.30. The third kappa shape index (κ3) is 3.00. The van der Waals surface area contributed by atoms with E-state index in [-0.39, 0.29) is 23.4 Å². The van der Waals surface area contributed by atoms with Gasteiger partial charge in [0, 0.05) is 25.7 Å². The van der Waals surface area contributed by atoms with Gasteiger partial charge in [0.25, 0.3) is 11.8 Å². The van der Waals surface area contributed by atoms with Crippen LogP contribution in [0.5, 0.6) is 0 Å². The molecular weight excluding hydrogens is 386 g/mol. The van der Waals surface area contributed by atoms with Crippen LogP contribution >= 0.6 is 0 Å². The molecule has 0 aliphatic carbocycles. The summed E-state index contributed by atoms with van der Waals surface area (Å²) < 4.78 is 3.45. The number of aryl methyl sites for hydroxylation is 2. The Kier molecular flexibility index (Phi) is 4.56. The van der Waals surface area contributed by atoms with Crippen LogP contribution in [0, 0.1) is 6.92 Å². The minimum atomic E-state index is -0.650. The molecule has 3 heterocycles. The van der Waals surface area contributed by atoms with Crippen LogP contribution in [-0.4, -0.2) is 55.5 Å². The summed E-state index contributed by atoms with van der Waals surface area (Å²) in [5.41, 5.74) is 8.12. The van der Waals surface area contributed by atoms with Gasteiger partial charge in [-0.15, -0.1) is 0 Å². The summed E-state index contributed by atoms with van der Waals surface area (Å²) in [5, 5.41) is 7.17. The summed E-state index contributed by atoms with van der Waals surface area (Å²) in [7, 11) is 1.70. The van der Waals surface area contributed by atoms with E-state index < -0.39 is 5.91 Å². The number of hydrogen-bond donors (Lipinski definition) is 2. The van der Waals surface area contributed by atoms with E-state index in [0.29, 0.717) is 41.3 Å². The zero-order valence-corrected chi connectivity index (χ0v) is 17.3. The number of anilines is 1. The Morgan fingerprint density at radius 3 is 2.70 bits per heavy atom. The summed E-state index contributed by atoms with van der Waals surface area (Å²) in [6.45, 7) is 6.64. The molecule has 1 atom stereocenters. The third-order valence-electron chi connectivity index (χ3n) is 5.29. The van der Waals surface area contributed by atoms with E-state index in [9.17, 15) is 14.4 Å². The molecule has 30 heavy (non-hydrogen) atoms. The Hall–Kier alpha value is -3.69. The number of amides is 3. The van der Waals surface area contributed by atoms with Gasteiger partial charge in [-0.1, -0.05) is 0 Å². The van der Waals surface area contributed by atoms with Crippen LogP contribution in [0.15, 0.2) is 18.2 Å². The Morgan fingerprint density at radius 1 is 1.30 bits per heavy atom. The molecule has 0 fully saturated rings. The van der Waals surface area contributed by atoms with Crippen molar-refractivity contribution in [3.8, 4) is 0 Å². The van der Waals surface area contributed by atoms with Gasteiger partial charge in [0.1, 0.15) is 5.69 Å². The Balaban J connectivity index is 1.88. The number of carbonyl (C=O) groups excluding carboxylic acids is 3. The van der Waals surface area contributed by atoms with Crippen molar-refractivity contribution in [2.24, 2.45) is 5.73 Å². The van der Waals surface area contributed by atoms with Crippen LogP contribution in [0.3, 0.4) is 0 Å². The van der Waals surface area contributed by atoms with Crippen LogP contribution < -0.4 is 11.1 Å². The Bertz CT molecular complexity index is 1210. The second-order valence-electron chi connectivity index (χ2n) is 7.54. The average molecular weight is 409 g/mol. The summed E-state index contributed by atoms with van der Waals surface area (Å²) >= 11 is 0. The first kappa shape index (κ1) is 19.6. The van der Waals surface area contributed by atoms with E-state index in [2.05, 4.69) is 15.4 Å². The molecule has 1 aromatic carbocycles. The minimum absolute atomic E-state index is 0.155. The maximum Gasteiger partial charge on any atom is 0.276 e. The fourth-order valence-corrected chi connectivity index (χ4v) is 3.96. The van der Waals surface area contributed by atoms with Crippen molar-refractivity contribution >= 4 is 34.7 Å². The van der Waals surface area contributed by atoms with Gasteiger partial charge in [0.05, 0.1) is 28.3 Å². The van der Waals surface area contributed by atoms with Crippen LogP contribution in [0.2, 0.25) is 0 Å². The van der Waals surface area contributed by atoms with Gasteiger partial charge >= 0.3 is 0 Å². The van der Waals surface area contributed by atoms with Crippen molar-refractivity contribution in [2.45, 2.75) is 33.4 Å². The van der Waals surface area contributed by atoms with Crippen molar-refractivity contribution in [1.82, 2.24) is 24.2 Å². The molecule has 2 aromatic heterocycles. The first-order valence-electron chi connectivity index (χ1n) is 9.68. The molecule has 0 spiro atoms. The minimum Gasteiger partial charge on any atom is -0.366 e. The van der Waals surface area contributed by atoms with Gasteiger partial charge < -0.3 is 15.2 Å². The van der Waals surface area contributed by atoms with E-state index in [1.54, 1.807) is 28.8 Å². The molecule has 3 amide bonds. The molecule has 3 aromatic rings. The van der Waals surface area contributed by atoms with Crippen LogP contribution in [0.25, 0.3) is 11.0 Å². The van der Waals surface area contributed by atoms with Gasteiger partial charge in [0.15, 0.2) is 0 Å². The summed E-state index contributed by atoms with van der Waals surface area (Å²) in [6.07, 6.45) is 0. The summed E-state index contributed by atoms with van der Waals surface area (Å²) in [5.74, 6) is -0.929. The maximum atomic E-state index is 13.0.